The van der Waals surface area contributed by atoms with Crippen molar-refractivity contribution in [2.75, 3.05) is 18.0 Å². The fourth-order valence-corrected chi connectivity index (χ4v) is 2.36. The van der Waals surface area contributed by atoms with Crippen molar-refractivity contribution in [1.29, 1.82) is 0 Å². The van der Waals surface area contributed by atoms with E-state index >= 15 is 0 Å². The molecule has 94 valence electrons. The highest BCUT2D eigenvalue weighted by Crippen LogP contribution is 2.22. The summed E-state index contributed by atoms with van der Waals surface area (Å²) in [6, 6.07) is 8.57. The fraction of sp³-hybridized carbons (Fsp3) is 0.571. The van der Waals surface area contributed by atoms with Crippen molar-refractivity contribution < 1.29 is 5.11 Å². The second kappa shape index (κ2) is 5.52. The van der Waals surface area contributed by atoms with Crippen LogP contribution < -0.4 is 10.6 Å². The van der Waals surface area contributed by atoms with Gasteiger partial charge in [-0.05, 0) is 37.0 Å². The molecule has 0 spiro atoms. The molecule has 0 aromatic heterocycles. The Labute approximate surface area is 103 Å². The molecule has 2 unspecified atom stereocenters. The second-order valence-electron chi connectivity index (χ2n) is 4.85. The second-order valence-corrected chi connectivity index (χ2v) is 4.85. The Morgan fingerprint density at radius 1 is 1.41 bits per heavy atom. The van der Waals surface area contributed by atoms with Gasteiger partial charge < -0.3 is 15.7 Å². The highest BCUT2D eigenvalue weighted by molar-refractivity contribution is 5.48. The molecule has 1 fully saturated rings. The summed E-state index contributed by atoms with van der Waals surface area (Å²) in [5.74, 6) is 0. The molecule has 0 saturated carbocycles. The van der Waals surface area contributed by atoms with E-state index in [-0.39, 0.29) is 12.1 Å². The SMILES string of the molecule is CCC(N)c1ccc(N2CCCC(O)C2)cc1. The van der Waals surface area contributed by atoms with Crippen LogP contribution in [0.2, 0.25) is 0 Å². The molecule has 1 saturated heterocycles. The zero-order valence-corrected chi connectivity index (χ0v) is 10.5. The maximum absolute atomic E-state index is 9.66. The molecule has 2 atom stereocenters. The van der Waals surface area contributed by atoms with Gasteiger partial charge in [-0.3, -0.25) is 0 Å². The molecule has 1 heterocycles. The lowest BCUT2D eigenvalue weighted by molar-refractivity contribution is 0.154. The van der Waals surface area contributed by atoms with Crippen LogP contribution in [0, 0.1) is 0 Å². The van der Waals surface area contributed by atoms with E-state index in [0.717, 1.165) is 32.4 Å². The van der Waals surface area contributed by atoms with Crippen LogP contribution in [0.25, 0.3) is 0 Å². The van der Waals surface area contributed by atoms with Gasteiger partial charge in [-0.1, -0.05) is 19.1 Å². The van der Waals surface area contributed by atoms with E-state index in [4.69, 9.17) is 5.73 Å². The molecule has 1 aliphatic heterocycles. The van der Waals surface area contributed by atoms with Crippen molar-refractivity contribution in [2.45, 2.75) is 38.3 Å². The van der Waals surface area contributed by atoms with Crippen molar-refractivity contribution in [3.63, 3.8) is 0 Å². The molecule has 2 rings (SSSR count). The molecule has 0 amide bonds. The number of β-amino-alcohol motifs (C(OH)–C–C–N with tert-alkyl or cyclic N) is 1. The number of aliphatic hydroxyl groups excluding tert-OH is 1. The average Bonchev–Trinajstić information content (AvgIpc) is 2.38. The van der Waals surface area contributed by atoms with E-state index in [1.807, 2.05) is 0 Å². The number of hydrogen-bond donors (Lipinski definition) is 2. The quantitative estimate of drug-likeness (QED) is 0.841. The Balaban J connectivity index is 2.06. The first-order valence-electron chi connectivity index (χ1n) is 6.49. The molecule has 3 nitrogen and oxygen atoms in total. The summed E-state index contributed by atoms with van der Waals surface area (Å²) in [6.07, 6.45) is 2.77. The molecule has 1 aromatic rings. The molecule has 1 aliphatic rings. The number of rotatable bonds is 3. The molecular formula is C14H22N2O. The third-order valence-electron chi connectivity index (χ3n) is 3.52. The molecule has 1 aromatic carbocycles. The monoisotopic (exact) mass is 234 g/mol. The Bertz CT molecular complexity index is 350. The molecule has 0 radical (unpaired) electrons. The van der Waals surface area contributed by atoms with Crippen LogP contribution in [0.4, 0.5) is 5.69 Å². The van der Waals surface area contributed by atoms with E-state index in [9.17, 15) is 5.11 Å². The van der Waals surface area contributed by atoms with E-state index in [1.54, 1.807) is 0 Å². The topological polar surface area (TPSA) is 49.5 Å². The van der Waals surface area contributed by atoms with Gasteiger partial charge in [0.15, 0.2) is 0 Å². The van der Waals surface area contributed by atoms with Gasteiger partial charge in [0.25, 0.3) is 0 Å². The van der Waals surface area contributed by atoms with E-state index < -0.39 is 0 Å². The van der Waals surface area contributed by atoms with Crippen molar-refractivity contribution >= 4 is 5.69 Å². The standard InChI is InChI=1S/C14H22N2O/c1-2-14(15)11-5-7-12(8-6-11)16-9-3-4-13(17)10-16/h5-8,13-14,17H,2-4,9-10,15H2,1H3. The van der Waals surface area contributed by atoms with E-state index in [1.165, 1.54) is 11.3 Å². The number of hydrogen-bond acceptors (Lipinski definition) is 3. The predicted octanol–water partition coefficient (Wildman–Crippen LogP) is 2.06. The van der Waals surface area contributed by atoms with Gasteiger partial charge in [0.2, 0.25) is 0 Å². The summed E-state index contributed by atoms with van der Waals surface area (Å²) in [5.41, 5.74) is 8.37. The Morgan fingerprint density at radius 3 is 2.71 bits per heavy atom. The van der Waals surface area contributed by atoms with Gasteiger partial charge >= 0.3 is 0 Å². The Morgan fingerprint density at radius 2 is 2.12 bits per heavy atom. The highest BCUT2D eigenvalue weighted by Gasteiger charge is 2.17. The zero-order chi connectivity index (χ0) is 12.3. The predicted molar refractivity (Wildman–Crippen MR) is 71.1 cm³/mol. The third-order valence-corrected chi connectivity index (χ3v) is 3.52. The van der Waals surface area contributed by atoms with Crippen molar-refractivity contribution in [2.24, 2.45) is 5.73 Å². The first-order valence-corrected chi connectivity index (χ1v) is 6.49. The number of nitrogens with zero attached hydrogens (tertiary/aromatic N) is 1. The average molecular weight is 234 g/mol. The van der Waals surface area contributed by atoms with Crippen LogP contribution in [0.15, 0.2) is 24.3 Å². The van der Waals surface area contributed by atoms with Crippen LogP contribution in [-0.2, 0) is 0 Å². The smallest absolute Gasteiger partial charge is 0.0715 e. The number of anilines is 1. The van der Waals surface area contributed by atoms with E-state index in [0.29, 0.717) is 0 Å². The van der Waals surface area contributed by atoms with Gasteiger partial charge in [0, 0.05) is 24.8 Å². The lowest BCUT2D eigenvalue weighted by Crippen LogP contribution is -2.38. The van der Waals surface area contributed by atoms with Crippen LogP contribution >= 0.6 is 0 Å². The third kappa shape index (κ3) is 2.99. The maximum atomic E-state index is 9.66. The molecular weight excluding hydrogens is 212 g/mol. The van der Waals surface area contributed by atoms with Crippen molar-refractivity contribution in [1.82, 2.24) is 0 Å². The van der Waals surface area contributed by atoms with Crippen LogP contribution in [0.1, 0.15) is 37.8 Å². The van der Waals surface area contributed by atoms with Crippen molar-refractivity contribution in [3.8, 4) is 0 Å². The molecule has 0 aliphatic carbocycles. The Hall–Kier alpha value is -1.06. The van der Waals surface area contributed by atoms with Gasteiger partial charge in [0.1, 0.15) is 0 Å². The van der Waals surface area contributed by atoms with Crippen LogP contribution in [0.5, 0.6) is 0 Å². The summed E-state index contributed by atoms with van der Waals surface area (Å²) in [6.45, 7) is 3.88. The normalized spacial score (nSPS) is 22.5. The summed E-state index contributed by atoms with van der Waals surface area (Å²) in [4.78, 5) is 2.25. The largest absolute Gasteiger partial charge is 0.391 e. The summed E-state index contributed by atoms with van der Waals surface area (Å²) in [5, 5.41) is 9.66. The van der Waals surface area contributed by atoms with Crippen LogP contribution in [0.3, 0.4) is 0 Å². The molecule has 3 N–H and O–H groups in total. The van der Waals surface area contributed by atoms with Gasteiger partial charge in [0.05, 0.1) is 6.10 Å². The minimum Gasteiger partial charge on any atom is -0.391 e. The summed E-state index contributed by atoms with van der Waals surface area (Å²) < 4.78 is 0. The summed E-state index contributed by atoms with van der Waals surface area (Å²) in [7, 11) is 0. The highest BCUT2D eigenvalue weighted by atomic mass is 16.3. The number of nitrogens with two attached hydrogens (primary N) is 1. The molecule has 3 heteroatoms. The fourth-order valence-electron chi connectivity index (χ4n) is 2.36. The minimum atomic E-state index is -0.179. The summed E-state index contributed by atoms with van der Waals surface area (Å²) >= 11 is 0. The lowest BCUT2D eigenvalue weighted by Gasteiger charge is -2.32. The minimum absolute atomic E-state index is 0.135. The number of benzene rings is 1. The number of aliphatic hydroxyl groups is 1. The van der Waals surface area contributed by atoms with Gasteiger partial charge in [-0.25, -0.2) is 0 Å². The van der Waals surface area contributed by atoms with Crippen molar-refractivity contribution in [3.05, 3.63) is 29.8 Å². The maximum Gasteiger partial charge on any atom is 0.0715 e. The zero-order valence-electron chi connectivity index (χ0n) is 10.5. The lowest BCUT2D eigenvalue weighted by atomic mass is 10.0. The first-order chi connectivity index (χ1) is 8.20. The van der Waals surface area contributed by atoms with Gasteiger partial charge in [-0.15, -0.1) is 0 Å². The van der Waals surface area contributed by atoms with E-state index in [2.05, 4.69) is 36.1 Å². The molecule has 17 heavy (non-hydrogen) atoms. The Kier molecular flexibility index (Phi) is 4.02. The van der Waals surface area contributed by atoms with Gasteiger partial charge in [-0.2, -0.15) is 0 Å². The number of piperidine rings is 1. The first kappa shape index (κ1) is 12.4. The molecule has 0 bridgehead atoms. The van der Waals surface area contributed by atoms with Crippen LogP contribution in [-0.4, -0.2) is 24.3 Å².